The van der Waals surface area contributed by atoms with Crippen molar-refractivity contribution in [3.05, 3.63) is 17.9 Å². The summed E-state index contributed by atoms with van der Waals surface area (Å²) in [5, 5.41) is 3.31. The van der Waals surface area contributed by atoms with E-state index in [-0.39, 0.29) is 11.1 Å². The van der Waals surface area contributed by atoms with Crippen molar-refractivity contribution >= 4 is 10.0 Å². The Hall–Kier alpha value is -0.850. The van der Waals surface area contributed by atoms with Crippen molar-refractivity contribution in [3.63, 3.8) is 0 Å². The van der Waals surface area contributed by atoms with Crippen molar-refractivity contribution < 1.29 is 12.8 Å². The molecule has 1 aromatic rings. The number of hydrogen-bond acceptors (Lipinski definition) is 4. The zero-order valence-corrected chi connectivity index (χ0v) is 13.0. The van der Waals surface area contributed by atoms with Crippen molar-refractivity contribution in [1.29, 1.82) is 0 Å². The maximum Gasteiger partial charge on any atom is 0.274 e. The molecule has 0 aromatic carbocycles. The summed E-state index contributed by atoms with van der Waals surface area (Å²) in [5.74, 6) is 0.667. The van der Waals surface area contributed by atoms with Crippen LogP contribution in [0.4, 0.5) is 0 Å². The van der Waals surface area contributed by atoms with Gasteiger partial charge in [0.2, 0.25) is 5.09 Å². The molecular formula is C14H24N2O3S. The summed E-state index contributed by atoms with van der Waals surface area (Å²) >= 11 is 0. The third-order valence-electron chi connectivity index (χ3n) is 3.50. The zero-order chi connectivity index (χ0) is 14.6. The van der Waals surface area contributed by atoms with Crippen LogP contribution in [-0.2, 0) is 16.6 Å². The number of hydrogen-bond donors (Lipinski definition) is 2. The molecule has 1 unspecified atom stereocenters. The molecular weight excluding hydrogens is 276 g/mol. The Kier molecular flexibility index (Phi) is 5.23. The van der Waals surface area contributed by atoms with E-state index in [0.717, 1.165) is 19.3 Å². The minimum atomic E-state index is -3.54. The molecule has 1 aromatic heterocycles. The molecule has 1 atom stereocenters. The summed E-state index contributed by atoms with van der Waals surface area (Å²) in [6.45, 7) is 4.62. The fourth-order valence-electron chi connectivity index (χ4n) is 2.10. The molecule has 2 rings (SSSR count). The van der Waals surface area contributed by atoms with Crippen LogP contribution in [0.2, 0.25) is 0 Å². The maximum absolute atomic E-state index is 12.2. The highest BCUT2D eigenvalue weighted by Gasteiger charge is 2.23. The Labute approximate surface area is 121 Å². The van der Waals surface area contributed by atoms with Gasteiger partial charge in [0, 0.05) is 12.1 Å². The lowest BCUT2D eigenvalue weighted by molar-refractivity contribution is 0.395. The zero-order valence-electron chi connectivity index (χ0n) is 12.2. The predicted octanol–water partition coefficient (Wildman–Crippen LogP) is 2.39. The van der Waals surface area contributed by atoms with Gasteiger partial charge in [-0.2, -0.15) is 0 Å². The highest BCUT2D eigenvalue weighted by atomic mass is 32.2. The second-order valence-corrected chi connectivity index (χ2v) is 7.04. The molecule has 1 fully saturated rings. The monoisotopic (exact) mass is 300 g/mol. The van der Waals surface area contributed by atoms with Gasteiger partial charge in [0.1, 0.15) is 5.76 Å². The van der Waals surface area contributed by atoms with Crippen LogP contribution in [0.25, 0.3) is 0 Å². The smallest absolute Gasteiger partial charge is 0.274 e. The van der Waals surface area contributed by atoms with E-state index in [2.05, 4.69) is 10.0 Å². The molecule has 1 aliphatic rings. The van der Waals surface area contributed by atoms with Crippen molar-refractivity contribution in [2.24, 2.45) is 0 Å². The lowest BCUT2D eigenvalue weighted by atomic mass is 10.1. The molecule has 2 N–H and O–H groups in total. The molecule has 0 spiro atoms. The number of furan rings is 1. The maximum atomic E-state index is 12.2. The molecule has 0 aliphatic heterocycles. The first-order valence-corrected chi connectivity index (χ1v) is 8.88. The van der Waals surface area contributed by atoms with Crippen LogP contribution in [0.1, 0.15) is 51.7 Å². The highest BCUT2D eigenvalue weighted by Crippen LogP contribution is 2.20. The van der Waals surface area contributed by atoms with E-state index in [1.807, 2.05) is 13.8 Å². The predicted molar refractivity (Wildman–Crippen MR) is 77.9 cm³/mol. The van der Waals surface area contributed by atoms with Gasteiger partial charge < -0.3 is 9.73 Å². The van der Waals surface area contributed by atoms with Crippen LogP contribution < -0.4 is 10.0 Å². The lowest BCUT2D eigenvalue weighted by Gasteiger charge is -2.14. The van der Waals surface area contributed by atoms with Gasteiger partial charge in [-0.1, -0.05) is 20.3 Å². The molecule has 0 saturated heterocycles. The lowest BCUT2D eigenvalue weighted by Crippen LogP contribution is -2.34. The average molecular weight is 300 g/mol. The van der Waals surface area contributed by atoms with Gasteiger partial charge in [0.05, 0.1) is 6.54 Å². The first-order chi connectivity index (χ1) is 9.55. The standard InChI is InChI=1S/C14H24N2O3S/c1-3-5-11(4-2)16-20(17,18)14-9-8-13(19-14)10-15-12-6-7-12/h8-9,11-12,15-16H,3-7,10H2,1-2H3. The SMILES string of the molecule is CCCC(CC)NS(=O)(=O)c1ccc(CNC2CC2)o1. The van der Waals surface area contributed by atoms with E-state index >= 15 is 0 Å². The topological polar surface area (TPSA) is 71.3 Å². The Morgan fingerprint density at radius 2 is 2.10 bits per heavy atom. The summed E-state index contributed by atoms with van der Waals surface area (Å²) in [6, 6.07) is 3.81. The van der Waals surface area contributed by atoms with Crippen molar-refractivity contribution in [3.8, 4) is 0 Å². The summed E-state index contributed by atoms with van der Waals surface area (Å²) in [4.78, 5) is 0. The van der Waals surface area contributed by atoms with Gasteiger partial charge in [0.25, 0.3) is 10.0 Å². The fraction of sp³-hybridized carbons (Fsp3) is 0.714. The molecule has 0 amide bonds. The molecule has 6 heteroatoms. The summed E-state index contributed by atoms with van der Waals surface area (Å²) < 4.78 is 32.6. The van der Waals surface area contributed by atoms with E-state index in [1.165, 1.54) is 18.9 Å². The molecule has 0 bridgehead atoms. The van der Waals surface area contributed by atoms with Crippen LogP contribution in [0.15, 0.2) is 21.6 Å². The van der Waals surface area contributed by atoms with Crippen molar-refractivity contribution in [2.45, 2.75) is 69.7 Å². The third kappa shape index (κ3) is 4.33. The number of rotatable bonds is 9. The van der Waals surface area contributed by atoms with Crippen LogP contribution >= 0.6 is 0 Å². The van der Waals surface area contributed by atoms with E-state index in [1.54, 1.807) is 6.07 Å². The minimum Gasteiger partial charge on any atom is -0.447 e. The van der Waals surface area contributed by atoms with Crippen LogP contribution in [0, 0.1) is 0 Å². The Morgan fingerprint density at radius 1 is 1.35 bits per heavy atom. The van der Waals surface area contributed by atoms with E-state index in [4.69, 9.17) is 4.42 Å². The Balaban J connectivity index is 1.96. The molecule has 1 heterocycles. The van der Waals surface area contributed by atoms with E-state index in [9.17, 15) is 8.42 Å². The number of nitrogens with one attached hydrogen (secondary N) is 2. The van der Waals surface area contributed by atoms with Crippen molar-refractivity contribution in [1.82, 2.24) is 10.0 Å². The van der Waals surface area contributed by atoms with Gasteiger partial charge in [-0.25, -0.2) is 13.1 Å². The largest absolute Gasteiger partial charge is 0.447 e. The van der Waals surface area contributed by atoms with Crippen LogP contribution in [0.5, 0.6) is 0 Å². The highest BCUT2D eigenvalue weighted by molar-refractivity contribution is 7.89. The van der Waals surface area contributed by atoms with Gasteiger partial charge in [-0.15, -0.1) is 0 Å². The molecule has 1 aliphatic carbocycles. The fourth-order valence-corrected chi connectivity index (χ4v) is 3.41. The Morgan fingerprint density at radius 3 is 2.70 bits per heavy atom. The average Bonchev–Trinajstić information content (AvgIpc) is 3.11. The minimum absolute atomic E-state index is 0.0136. The van der Waals surface area contributed by atoms with Crippen molar-refractivity contribution in [2.75, 3.05) is 0 Å². The van der Waals surface area contributed by atoms with Gasteiger partial charge in [0.15, 0.2) is 0 Å². The summed E-state index contributed by atoms with van der Waals surface area (Å²) in [7, 11) is -3.54. The third-order valence-corrected chi connectivity index (χ3v) is 4.89. The summed E-state index contributed by atoms with van der Waals surface area (Å²) in [6.07, 6.45) is 4.97. The normalized spacial score (nSPS) is 17.3. The molecule has 20 heavy (non-hydrogen) atoms. The molecule has 1 saturated carbocycles. The molecule has 114 valence electrons. The van der Waals surface area contributed by atoms with Crippen LogP contribution in [0.3, 0.4) is 0 Å². The van der Waals surface area contributed by atoms with E-state index < -0.39 is 10.0 Å². The second-order valence-electron chi connectivity index (χ2n) is 5.39. The Bertz CT molecular complexity index is 520. The van der Waals surface area contributed by atoms with Crippen LogP contribution in [-0.4, -0.2) is 20.5 Å². The van der Waals surface area contributed by atoms with Gasteiger partial charge in [-0.05, 0) is 37.8 Å². The van der Waals surface area contributed by atoms with Gasteiger partial charge >= 0.3 is 0 Å². The van der Waals surface area contributed by atoms with E-state index in [0.29, 0.717) is 18.3 Å². The molecule has 5 nitrogen and oxygen atoms in total. The molecule has 0 radical (unpaired) electrons. The second kappa shape index (κ2) is 6.74. The summed E-state index contributed by atoms with van der Waals surface area (Å²) in [5.41, 5.74) is 0. The first kappa shape index (κ1) is 15.5. The van der Waals surface area contributed by atoms with Gasteiger partial charge in [-0.3, -0.25) is 0 Å². The number of sulfonamides is 1. The first-order valence-electron chi connectivity index (χ1n) is 7.39. The quantitative estimate of drug-likeness (QED) is 0.734.